The fraction of sp³-hybridized carbons (Fsp3) is 0.308. The van der Waals surface area contributed by atoms with E-state index in [0.29, 0.717) is 18.1 Å². The van der Waals surface area contributed by atoms with Crippen LogP contribution in [0.25, 0.3) is 11.0 Å². The largest absolute Gasteiger partial charge is 0.452 e. The van der Waals surface area contributed by atoms with Gasteiger partial charge in [-0.15, -0.1) is 0 Å². The number of halogens is 1. The second-order valence-corrected chi connectivity index (χ2v) is 5.14. The number of ketones is 1. The van der Waals surface area contributed by atoms with Gasteiger partial charge in [0.1, 0.15) is 5.58 Å². The average molecular weight is 281 g/mol. The van der Waals surface area contributed by atoms with E-state index < -0.39 is 0 Å². The molecule has 0 unspecified atom stereocenters. The summed E-state index contributed by atoms with van der Waals surface area (Å²) >= 11 is 3.41. The van der Waals surface area contributed by atoms with Crippen LogP contribution >= 0.6 is 15.9 Å². The topological polar surface area (TPSA) is 30.2 Å². The lowest BCUT2D eigenvalue weighted by molar-refractivity contribution is 0.0943. The normalized spacial score (nSPS) is 11.2. The third kappa shape index (κ3) is 2.19. The van der Waals surface area contributed by atoms with Crippen LogP contribution in [0.5, 0.6) is 0 Å². The maximum Gasteiger partial charge on any atom is 0.198 e. The smallest absolute Gasteiger partial charge is 0.198 e. The average Bonchev–Trinajstić information content (AvgIpc) is 2.61. The summed E-state index contributed by atoms with van der Waals surface area (Å²) < 4.78 is 6.45. The van der Waals surface area contributed by atoms with E-state index in [2.05, 4.69) is 15.9 Å². The monoisotopic (exact) mass is 280 g/mol. The van der Waals surface area contributed by atoms with Gasteiger partial charge in [0.25, 0.3) is 0 Å². The zero-order valence-electron chi connectivity index (χ0n) is 9.29. The Balaban J connectivity index is 2.40. The van der Waals surface area contributed by atoms with Gasteiger partial charge in [0.2, 0.25) is 0 Å². The van der Waals surface area contributed by atoms with Crippen molar-refractivity contribution in [3.8, 4) is 0 Å². The number of benzene rings is 1. The van der Waals surface area contributed by atoms with E-state index in [-0.39, 0.29) is 5.78 Å². The van der Waals surface area contributed by atoms with Crippen molar-refractivity contribution < 1.29 is 9.21 Å². The molecule has 0 atom stereocenters. The number of carbonyl (C=O) groups excluding carboxylic acids is 1. The highest BCUT2D eigenvalue weighted by atomic mass is 79.9. The Bertz CT molecular complexity index is 526. The van der Waals surface area contributed by atoms with E-state index >= 15 is 0 Å². The number of hydrogen-bond acceptors (Lipinski definition) is 2. The van der Waals surface area contributed by atoms with E-state index in [0.717, 1.165) is 15.4 Å². The van der Waals surface area contributed by atoms with Crippen molar-refractivity contribution in [3.63, 3.8) is 0 Å². The predicted molar refractivity (Wildman–Crippen MR) is 67.7 cm³/mol. The molecule has 0 aliphatic carbocycles. The lowest BCUT2D eigenvalue weighted by Gasteiger charge is -1.99. The Kier molecular flexibility index (Phi) is 3.15. The van der Waals surface area contributed by atoms with Gasteiger partial charge in [0, 0.05) is 11.8 Å². The van der Waals surface area contributed by atoms with E-state index in [4.69, 9.17) is 4.42 Å². The first-order valence-corrected chi connectivity index (χ1v) is 6.08. The van der Waals surface area contributed by atoms with Crippen LogP contribution in [0, 0.1) is 5.92 Å². The summed E-state index contributed by atoms with van der Waals surface area (Å²) in [6.45, 7) is 4.05. The quantitative estimate of drug-likeness (QED) is 0.779. The highest BCUT2D eigenvalue weighted by Crippen LogP contribution is 2.27. The van der Waals surface area contributed by atoms with Crippen molar-refractivity contribution >= 4 is 32.7 Å². The summed E-state index contributed by atoms with van der Waals surface area (Å²) in [7, 11) is 0. The summed E-state index contributed by atoms with van der Waals surface area (Å²) in [5.74, 6) is 0.873. The number of furan rings is 1. The summed E-state index contributed by atoms with van der Waals surface area (Å²) in [5.41, 5.74) is 0.745. The minimum absolute atomic E-state index is 0.0677. The number of carbonyl (C=O) groups is 1. The van der Waals surface area contributed by atoms with Gasteiger partial charge >= 0.3 is 0 Å². The van der Waals surface area contributed by atoms with Crippen LogP contribution in [0.4, 0.5) is 0 Å². The van der Waals surface area contributed by atoms with Crippen LogP contribution < -0.4 is 0 Å². The van der Waals surface area contributed by atoms with E-state index in [9.17, 15) is 4.79 Å². The molecule has 1 aromatic carbocycles. The molecular formula is C13H13BrO2. The molecule has 1 aromatic heterocycles. The maximum absolute atomic E-state index is 11.8. The Morgan fingerprint density at radius 2 is 2.19 bits per heavy atom. The Morgan fingerprint density at radius 3 is 2.81 bits per heavy atom. The number of fused-ring (bicyclic) bond motifs is 1. The van der Waals surface area contributed by atoms with Crippen LogP contribution in [-0.4, -0.2) is 5.78 Å². The number of rotatable bonds is 3. The Labute approximate surface area is 103 Å². The first-order valence-electron chi connectivity index (χ1n) is 5.29. The Morgan fingerprint density at radius 1 is 1.44 bits per heavy atom. The molecule has 2 aromatic rings. The summed E-state index contributed by atoms with van der Waals surface area (Å²) in [6, 6.07) is 7.59. The maximum atomic E-state index is 11.8. The molecule has 0 aliphatic rings. The summed E-state index contributed by atoms with van der Waals surface area (Å²) in [5, 5.41) is 0.960. The number of para-hydroxylation sites is 1. The fourth-order valence-corrected chi connectivity index (χ4v) is 2.10. The molecule has 0 N–H and O–H groups in total. The van der Waals surface area contributed by atoms with Gasteiger partial charge in [-0.1, -0.05) is 26.0 Å². The molecule has 84 valence electrons. The fourth-order valence-electron chi connectivity index (χ4n) is 1.64. The van der Waals surface area contributed by atoms with Crippen molar-refractivity contribution in [1.29, 1.82) is 0 Å². The third-order valence-electron chi connectivity index (χ3n) is 2.36. The second kappa shape index (κ2) is 4.42. The van der Waals surface area contributed by atoms with Crippen molar-refractivity contribution in [2.24, 2.45) is 5.92 Å². The molecule has 0 radical (unpaired) electrons. The zero-order valence-corrected chi connectivity index (χ0v) is 10.9. The minimum Gasteiger partial charge on any atom is -0.452 e. The van der Waals surface area contributed by atoms with Gasteiger partial charge in [0.15, 0.2) is 11.5 Å². The van der Waals surface area contributed by atoms with Gasteiger partial charge in [-0.05, 0) is 34.0 Å². The molecule has 0 aliphatic heterocycles. The van der Waals surface area contributed by atoms with Crippen LogP contribution in [0.2, 0.25) is 0 Å². The highest BCUT2D eigenvalue weighted by molar-refractivity contribution is 9.10. The van der Waals surface area contributed by atoms with Crippen LogP contribution in [0.15, 0.2) is 33.2 Å². The molecular weight excluding hydrogens is 268 g/mol. The third-order valence-corrected chi connectivity index (χ3v) is 2.99. The first kappa shape index (κ1) is 11.4. The molecule has 16 heavy (non-hydrogen) atoms. The lowest BCUT2D eigenvalue weighted by Crippen LogP contribution is -2.01. The first-order chi connectivity index (χ1) is 7.58. The van der Waals surface area contributed by atoms with Gasteiger partial charge in [0.05, 0.1) is 4.47 Å². The van der Waals surface area contributed by atoms with Crippen molar-refractivity contribution in [1.82, 2.24) is 0 Å². The number of Topliss-reactive ketones (excluding diaryl/α,β-unsaturated/α-hetero) is 1. The van der Waals surface area contributed by atoms with Gasteiger partial charge in [-0.3, -0.25) is 4.79 Å². The van der Waals surface area contributed by atoms with Crippen LogP contribution in [0.1, 0.15) is 30.8 Å². The second-order valence-electron chi connectivity index (χ2n) is 4.29. The molecule has 1 heterocycles. The highest BCUT2D eigenvalue weighted by Gasteiger charge is 2.14. The molecule has 0 fully saturated rings. The lowest BCUT2D eigenvalue weighted by atomic mass is 10.1. The summed E-state index contributed by atoms with van der Waals surface area (Å²) in [4.78, 5) is 11.8. The molecule has 0 saturated carbocycles. The van der Waals surface area contributed by atoms with Crippen molar-refractivity contribution in [3.05, 3.63) is 34.5 Å². The molecule has 3 heteroatoms. The SMILES string of the molecule is CC(C)CC(=O)c1cc2cccc(Br)c2o1. The van der Waals surface area contributed by atoms with Crippen molar-refractivity contribution in [2.45, 2.75) is 20.3 Å². The predicted octanol–water partition coefficient (Wildman–Crippen LogP) is 4.42. The van der Waals surface area contributed by atoms with E-state index in [1.165, 1.54) is 0 Å². The molecule has 2 rings (SSSR count). The molecule has 0 saturated heterocycles. The van der Waals surface area contributed by atoms with E-state index in [1.54, 1.807) is 0 Å². The van der Waals surface area contributed by atoms with Gasteiger partial charge < -0.3 is 4.42 Å². The van der Waals surface area contributed by atoms with Crippen LogP contribution in [0.3, 0.4) is 0 Å². The van der Waals surface area contributed by atoms with E-state index in [1.807, 2.05) is 38.1 Å². The minimum atomic E-state index is 0.0677. The summed E-state index contributed by atoms with van der Waals surface area (Å²) in [6.07, 6.45) is 0.525. The Hall–Kier alpha value is -1.09. The molecule has 0 bridgehead atoms. The zero-order chi connectivity index (χ0) is 11.7. The van der Waals surface area contributed by atoms with Crippen LogP contribution in [-0.2, 0) is 0 Å². The molecule has 0 amide bonds. The van der Waals surface area contributed by atoms with Gasteiger partial charge in [-0.25, -0.2) is 0 Å². The van der Waals surface area contributed by atoms with Crippen molar-refractivity contribution in [2.75, 3.05) is 0 Å². The molecule has 0 spiro atoms. The standard InChI is InChI=1S/C13H13BrO2/c1-8(2)6-11(15)12-7-9-4-3-5-10(14)13(9)16-12/h3-5,7-8H,6H2,1-2H3. The van der Waals surface area contributed by atoms with Gasteiger partial charge in [-0.2, -0.15) is 0 Å². The molecule has 2 nitrogen and oxygen atoms in total. The number of hydrogen-bond donors (Lipinski definition) is 0.